The van der Waals surface area contributed by atoms with Crippen molar-refractivity contribution < 1.29 is 19.0 Å². The van der Waals surface area contributed by atoms with Crippen molar-refractivity contribution in [2.45, 2.75) is 6.61 Å². The predicted octanol–water partition coefficient (Wildman–Crippen LogP) is 5.96. The van der Waals surface area contributed by atoms with Crippen molar-refractivity contribution in [1.29, 1.82) is 0 Å². The maximum Gasteiger partial charge on any atom is 0.337 e. The number of halogens is 3. The Labute approximate surface area is 179 Å². The average molecular weight is 478 g/mol. The molecule has 0 aliphatic heterocycles. The molecule has 0 aliphatic rings. The van der Waals surface area contributed by atoms with Crippen LogP contribution in [0.15, 0.2) is 70.2 Å². The van der Waals surface area contributed by atoms with Gasteiger partial charge in [-0.25, -0.2) is 9.18 Å². The second-order valence-electron chi connectivity index (χ2n) is 5.97. The minimum absolute atomic E-state index is 0.0161. The summed E-state index contributed by atoms with van der Waals surface area (Å²) in [6.07, 6.45) is 1.56. The van der Waals surface area contributed by atoms with Gasteiger partial charge in [-0.1, -0.05) is 39.7 Å². The lowest BCUT2D eigenvalue weighted by Crippen LogP contribution is -2.00. The fraction of sp³-hybridized carbons (Fsp3) is 0.0476. The van der Waals surface area contributed by atoms with Gasteiger partial charge in [0.2, 0.25) is 0 Å². The largest absolute Gasteiger partial charge is 0.488 e. The first-order valence-electron chi connectivity index (χ1n) is 8.41. The van der Waals surface area contributed by atoms with Gasteiger partial charge in [-0.15, -0.1) is 0 Å². The van der Waals surface area contributed by atoms with Gasteiger partial charge < -0.3 is 9.84 Å². The molecule has 0 aliphatic carbocycles. The van der Waals surface area contributed by atoms with E-state index in [1.165, 1.54) is 24.3 Å². The summed E-state index contributed by atoms with van der Waals surface area (Å²) in [7, 11) is 0. The van der Waals surface area contributed by atoms with Gasteiger partial charge in [0.1, 0.15) is 18.2 Å². The molecule has 0 radical (unpaired) electrons. The van der Waals surface area contributed by atoms with Crippen LogP contribution in [0.2, 0.25) is 5.02 Å². The molecule has 0 aromatic heterocycles. The van der Waals surface area contributed by atoms with Crippen molar-refractivity contribution in [2.24, 2.45) is 5.10 Å². The molecule has 0 saturated carbocycles. The summed E-state index contributed by atoms with van der Waals surface area (Å²) in [5.41, 5.74) is 4.77. The Balaban J connectivity index is 1.73. The zero-order valence-corrected chi connectivity index (χ0v) is 17.2. The second-order valence-corrected chi connectivity index (χ2v) is 7.29. The molecule has 3 aromatic carbocycles. The lowest BCUT2D eigenvalue weighted by atomic mass is 10.2. The maximum absolute atomic E-state index is 13.0. The predicted molar refractivity (Wildman–Crippen MR) is 115 cm³/mol. The number of carbonyl (C=O) groups is 1. The summed E-state index contributed by atoms with van der Waals surface area (Å²) in [6.45, 7) is 0.273. The van der Waals surface area contributed by atoms with Gasteiger partial charge in [0.25, 0.3) is 0 Å². The highest BCUT2D eigenvalue weighted by molar-refractivity contribution is 9.10. The van der Waals surface area contributed by atoms with Crippen LogP contribution in [-0.4, -0.2) is 17.3 Å². The maximum atomic E-state index is 13.0. The molecular formula is C21H15BrClFN2O3. The average Bonchev–Trinajstić information content (AvgIpc) is 2.69. The number of carboxylic acid groups (broad SMARTS) is 1. The van der Waals surface area contributed by atoms with Crippen LogP contribution in [0, 0.1) is 5.82 Å². The number of hydrazone groups is 1. The van der Waals surface area contributed by atoms with Crippen LogP contribution < -0.4 is 10.2 Å². The molecule has 3 aromatic rings. The smallest absolute Gasteiger partial charge is 0.337 e. The van der Waals surface area contributed by atoms with E-state index in [0.29, 0.717) is 17.0 Å². The lowest BCUT2D eigenvalue weighted by molar-refractivity contribution is 0.0697. The van der Waals surface area contributed by atoms with Crippen LogP contribution >= 0.6 is 27.5 Å². The molecule has 0 amide bonds. The Bertz CT molecular complexity index is 1060. The summed E-state index contributed by atoms with van der Waals surface area (Å²) < 4.78 is 19.7. The molecule has 0 saturated heterocycles. The van der Waals surface area contributed by atoms with Gasteiger partial charge >= 0.3 is 5.97 Å². The van der Waals surface area contributed by atoms with Gasteiger partial charge in [-0.3, -0.25) is 5.43 Å². The Hall–Kier alpha value is -2.90. The van der Waals surface area contributed by atoms with E-state index in [0.717, 1.165) is 10.0 Å². The molecule has 5 nitrogen and oxygen atoms in total. The van der Waals surface area contributed by atoms with Gasteiger partial charge in [0, 0.05) is 10.0 Å². The zero-order chi connectivity index (χ0) is 20.8. The van der Waals surface area contributed by atoms with E-state index in [1.54, 1.807) is 30.5 Å². The van der Waals surface area contributed by atoms with Crippen molar-refractivity contribution in [3.63, 3.8) is 0 Å². The number of nitrogens with one attached hydrogen (secondary N) is 1. The van der Waals surface area contributed by atoms with Crippen molar-refractivity contribution in [1.82, 2.24) is 0 Å². The quantitative estimate of drug-likeness (QED) is 0.325. The normalized spacial score (nSPS) is 10.9. The van der Waals surface area contributed by atoms with Crippen LogP contribution in [0.3, 0.4) is 0 Å². The molecule has 0 spiro atoms. The van der Waals surface area contributed by atoms with Crippen LogP contribution in [-0.2, 0) is 6.61 Å². The molecule has 0 atom stereocenters. The van der Waals surface area contributed by atoms with Crippen molar-refractivity contribution in [2.75, 3.05) is 5.43 Å². The summed E-state index contributed by atoms with van der Waals surface area (Å²) in [4.78, 5) is 11.2. The Morgan fingerprint density at radius 3 is 2.66 bits per heavy atom. The van der Waals surface area contributed by atoms with Gasteiger partial charge in [0.15, 0.2) is 0 Å². The number of carboxylic acids is 1. The standard InChI is InChI=1S/C21H15BrClFN2O3/c22-15-3-8-20(29-12-13-1-4-16(24)5-2-13)14(9-15)11-25-26-17-6-7-19(23)18(10-17)21(27)28/h1-11,26H,12H2,(H,27,28)/b25-11+. The minimum atomic E-state index is -1.12. The molecule has 0 heterocycles. The highest BCUT2D eigenvalue weighted by atomic mass is 79.9. The Morgan fingerprint density at radius 1 is 1.17 bits per heavy atom. The van der Waals surface area contributed by atoms with Crippen LogP contribution in [0.5, 0.6) is 5.75 Å². The number of hydrogen-bond donors (Lipinski definition) is 2. The highest BCUT2D eigenvalue weighted by Gasteiger charge is 2.09. The molecular weight excluding hydrogens is 463 g/mol. The van der Waals surface area contributed by atoms with Crippen molar-refractivity contribution in [3.05, 3.63) is 92.7 Å². The van der Waals surface area contributed by atoms with E-state index in [1.807, 2.05) is 12.1 Å². The van der Waals surface area contributed by atoms with Gasteiger partial charge in [-0.05, 0) is 54.1 Å². The Kier molecular flexibility index (Phi) is 6.85. The van der Waals surface area contributed by atoms with E-state index in [4.69, 9.17) is 21.4 Å². The highest BCUT2D eigenvalue weighted by Crippen LogP contribution is 2.24. The second kappa shape index (κ2) is 9.54. The van der Waals surface area contributed by atoms with Gasteiger partial charge in [-0.2, -0.15) is 5.10 Å². The van der Waals surface area contributed by atoms with E-state index >= 15 is 0 Å². The summed E-state index contributed by atoms with van der Waals surface area (Å²) in [5.74, 6) is -0.832. The first-order valence-corrected chi connectivity index (χ1v) is 9.58. The van der Waals surface area contributed by atoms with Crippen molar-refractivity contribution >= 4 is 45.4 Å². The minimum Gasteiger partial charge on any atom is -0.488 e. The summed E-state index contributed by atoms with van der Waals surface area (Å²) in [6, 6.07) is 16.0. The number of ether oxygens (including phenoxy) is 1. The molecule has 3 rings (SSSR count). The first-order chi connectivity index (χ1) is 13.9. The zero-order valence-electron chi connectivity index (χ0n) is 14.9. The van der Waals surface area contributed by atoms with Crippen LogP contribution in [0.4, 0.5) is 10.1 Å². The monoisotopic (exact) mass is 476 g/mol. The molecule has 0 unspecified atom stereocenters. The van der Waals surface area contributed by atoms with Gasteiger partial charge in [0.05, 0.1) is 22.5 Å². The molecule has 8 heteroatoms. The third-order valence-electron chi connectivity index (χ3n) is 3.87. The summed E-state index contributed by atoms with van der Waals surface area (Å²) in [5, 5.41) is 13.4. The molecule has 0 fully saturated rings. The van der Waals surface area contributed by atoms with E-state index < -0.39 is 5.97 Å². The number of rotatable bonds is 7. The fourth-order valence-electron chi connectivity index (χ4n) is 2.43. The van der Waals surface area contributed by atoms with Crippen LogP contribution in [0.25, 0.3) is 0 Å². The number of anilines is 1. The Morgan fingerprint density at radius 2 is 1.93 bits per heavy atom. The SMILES string of the molecule is O=C(O)c1cc(N/N=C/c2cc(Br)ccc2OCc2ccc(F)cc2)ccc1Cl. The third kappa shape index (κ3) is 5.79. The molecule has 148 valence electrons. The molecule has 2 N–H and O–H groups in total. The fourth-order valence-corrected chi connectivity index (χ4v) is 3.01. The number of hydrogen-bond acceptors (Lipinski definition) is 4. The molecule has 0 bridgehead atoms. The molecule has 29 heavy (non-hydrogen) atoms. The number of aromatic carboxylic acids is 1. The van der Waals surface area contributed by atoms with Crippen molar-refractivity contribution in [3.8, 4) is 5.75 Å². The van der Waals surface area contributed by atoms with E-state index in [9.17, 15) is 9.18 Å². The first kappa shape index (κ1) is 20.8. The summed E-state index contributed by atoms with van der Waals surface area (Å²) >= 11 is 9.28. The topological polar surface area (TPSA) is 70.9 Å². The number of benzene rings is 3. The van der Waals surface area contributed by atoms with E-state index in [2.05, 4.69) is 26.5 Å². The van der Waals surface area contributed by atoms with E-state index in [-0.39, 0.29) is 23.0 Å². The number of nitrogens with zero attached hydrogens (tertiary/aromatic N) is 1. The van der Waals surface area contributed by atoms with Crippen LogP contribution in [0.1, 0.15) is 21.5 Å². The third-order valence-corrected chi connectivity index (χ3v) is 4.70. The lowest BCUT2D eigenvalue weighted by Gasteiger charge is -2.10.